The number of nitrogens with zero attached hydrogens (tertiary/aromatic N) is 4. The Bertz CT molecular complexity index is 1020. The van der Waals surface area contributed by atoms with Crippen molar-refractivity contribution >= 4 is 23.0 Å². The van der Waals surface area contributed by atoms with Gasteiger partial charge in [0.05, 0.1) is 17.0 Å². The van der Waals surface area contributed by atoms with Crippen molar-refractivity contribution < 1.29 is 13.2 Å². The molecular weight excluding hydrogens is 373 g/mol. The molecule has 0 radical (unpaired) electrons. The molecule has 4 nitrogen and oxygen atoms in total. The number of thiazole rings is 1. The molecule has 0 aliphatic heterocycles. The van der Waals surface area contributed by atoms with Crippen LogP contribution in [0, 0.1) is 18.3 Å². The van der Waals surface area contributed by atoms with E-state index in [9.17, 15) is 18.4 Å². The van der Waals surface area contributed by atoms with Gasteiger partial charge in [-0.3, -0.25) is 0 Å². The normalized spacial score (nSPS) is 12.2. The van der Waals surface area contributed by atoms with Gasteiger partial charge in [0.2, 0.25) is 0 Å². The van der Waals surface area contributed by atoms with Crippen molar-refractivity contribution in [1.82, 2.24) is 14.8 Å². The molecule has 0 unspecified atom stereocenters. The third kappa shape index (κ3) is 4.09. The van der Waals surface area contributed by atoms with E-state index in [4.69, 9.17) is 0 Å². The maximum atomic E-state index is 12.7. The van der Waals surface area contributed by atoms with Gasteiger partial charge >= 0.3 is 6.18 Å². The zero-order valence-electron chi connectivity index (χ0n) is 14.6. The first-order valence-electron chi connectivity index (χ1n) is 8.13. The molecule has 1 aromatic carbocycles. The summed E-state index contributed by atoms with van der Waals surface area (Å²) in [6.07, 6.45) is -0.691. The van der Waals surface area contributed by atoms with Crippen molar-refractivity contribution in [2.75, 3.05) is 0 Å². The fourth-order valence-electron chi connectivity index (χ4n) is 2.52. The maximum absolute atomic E-state index is 12.7. The maximum Gasteiger partial charge on any atom is 0.435 e. The van der Waals surface area contributed by atoms with Gasteiger partial charge in [0.15, 0.2) is 5.69 Å². The highest BCUT2D eigenvalue weighted by Gasteiger charge is 2.33. The Morgan fingerprint density at radius 1 is 1.26 bits per heavy atom. The first-order chi connectivity index (χ1) is 12.8. The molecule has 0 aliphatic rings. The number of halogens is 3. The van der Waals surface area contributed by atoms with Crippen molar-refractivity contribution in [3.05, 3.63) is 63.4 Å². The van der Waals surface area contributed by atoms with E-state index in [-0.39, 0.29) is 0 Å². The molecule has 3 rings (SSSR count). The van der Waals surface area contributed by atoms with Crippen LogP contribution in [0.4, 0.5) is 13.2 Å². The number of nitriles is 1. The van der Waals surface area contributed by atoms with Crippen molar-refractivity contribution in [3.8, 4) is 11.8 Å². The molecule has 0 bridgehead atoms. The largest absolute Gasteiger partial charge is 0.435 e. The Balaban J connectivity index is 1.87. The van der Waals surface area contributed by atoms with Crippen molar-refractivity contribution in [3.63, 3.8) is 0 Å². The summed E-state index contributed by atoms with van der Waals surface area (Å²) in [6, 6.07) is 9.85. The zero-order chi connectivity index (χ0) is 19.6. The van der Waals surface area contributed by atoms with E-state index in [0.717, 1.165) is 28.6 Å². The first kappa shape index (κ1) is 18.9. The predicted octanol–water partition coefficient (Wildman–Crippen LogP) is 5.28. The fraction of sp³-hybridized carbons (Fsp3) is 0.211. The Labute approximate surface area is 158 Å². The lowest BCUT2D eigenvalue weighted by molar-refractivity contribution is -0.141. The van der Waals surface area contributed by atoms with Crippen molar-refractivity contribution in [2.24, 2.45) is 0 Å². The summed E-state index contributed by atoms with van der Waals surface area (Å²) >= 11 is 1.47. The third-order valence-corrected chi connectivity index (χ3v) is 4.97. The van der Waals surface area contributed by atoms with Crippen LogP contribution in [0.15, 0.2) is 36.5 Å². The SMILES string of the molecule is CCc1nc(/C(C#N)=C\c2ccc(-n3ccc(C(F)(F)F)n3)cc2)sc1C. The summed E-state index contributed by atoms with van der Waals surface area (Å²) in [5.41, 5.74) is 1.74. The molecule has 27 heavy (non-hydrogen) atoms. The summed E-state index contributed by atoms with van der Waals surface area (Å²) < 4.78 is 39.1. The van der Waals surface area contributed by atoms with E-state index in [0.29, 0.717) is 16.3 Å². The second-order valence-electron chi connectivity index (χ2n) is 5.78. The topological polar surface area (TPSA) is 54.5 Å². The third-order valence-electron chi connectivity index (χ3n) is 3.93. The molecule has 0 atom stereocenters. The number of allylic oxidation sites excluding steroid dienone is 1. The molecule has 0 amide bonds. The standard InChI is InChI=1S/C19H15F3N4S/c1-3-16-12(2)27-18(24-16)14(11-23)10-13-4-6-15(7-5-13)26-9-8-17(25-26)19(20,21)22/h4-10H,3H2,1-2H3/b14-10-. The smallest absolute Gasteiger partial charge is 0.240 e. The van der Waals surface area contributed by atoms with Gasteiger partial charge in [0, 0.05) is 11.1 Å². The minimum Gasteiger partial charge on any atom is -0.240 e. The molecule has 0 saturated carbocycles. The Morgan fingerprint density at radius 2 is 1.96 bits per heavy atom. The van der Waals surface area contributed by atoms with Gasteiger partial charge in [0.25, 0.3) is 0 Å². The number of aromatic nitrogens is 3. The van der Waals surface area contributed by atoms with Gasteiger partial charge in [-0.2, -0.15) is 23.5 Å². The number of hydrogen-bond donors (Lipinski definition) is 0. The van der Waals surface area contributed by atoms with Gasteiger partial charge in [-0.05, 0) is 43.2 Å². The monoisotopic (exact) mass is 388 g/mol. The molecule has 0 fully saturated rings. The minimum absolute atomic E-state index is 0.453. The van der Waals surface area contributed by atoms with Gasteiger partial charge in [-0.15, -0.1) is 11.3 Å². The molecule has 8 heteroatoms. The second kappa shape index (κ2) is 7.37. The van der Waals surface area contributed by atoms with Crippen LogP contribution < -0.4 is 0 Å². The molecule has 2 aromatic heterocycles. The molecule has 0 aliphatic carbocycles. The number of benzene rings is 1. The zero-order valence-corrected chi connectivity index (χ0v) is 15.4. The number of rotatable bonds is 4. The van der Waals surface area contributed by atoms with E-state index in [1.165, 1.54) is 22.2 Å². The quantitative estimate of drug-likeness (QED) is 0.571. The van der Waals surface area contributed by atoms with Crippen LogP contribution in [-0.2, 0) is 12.6 Å². The Kier molecular flexibility index (Phi) is 5.15. The first-order valence-corrected chi connectivity index (χ1v) is 8.95. The number of aryl methyl sites for hydroxylation is 2. The van der Waals surface area contributed by atoms with Gasteiger partial charge in [0.1, 0.15) is 11.1 Å². The summed E-state index contributed by atoms with van der Waals surface area (Å²) in [4.78, 5) is 5.58. The van der Waals surface area contributed by atoms with Crippen LogP contribution in [0.3, 0.4) is 0 Å². The van der Waals surface area contributed by atoms with Crippen LogP contribution in [-0.4, -0.2) is 14.8 Å². The molecule has 0 N–H and O–H groups in total. The highest BCUT2D eigenvalue weighted by atomic mass is 32.1. The second-order valence-corrected chi connectivity index (χ2v) is 6.98. The van der Waals surface area contributed by atoms with Gasteiger partial charge < -0.3 is 0 Å². The highest BCUT2D eigenvalue weighted by molar-refractivity contribution is 7.12. The van der Waals surface area contributed by atoms with Crippen LogP contribution in [0.1, 0.15) is 33.8 Å². The van der Waals surface area contributed by atoms with Gasteiger partial charge in [-0.25, -0.2) is 9.67 Å². The number of alkyl halides is 3. The average Bonchev–Trinajstić information content (AvgIpc) is 3.27. The molecule has 3 aromatic rings. The lowest BCUT2D eigenvalue weighted by atomic mass is 10.1. The average molecular weight is 388 g/mol. The van der Waals surface area contributed by atoms with Crippen molar-refractivity contribution in [2.45, 2.75) is 26.4 Å². The molecule has 0 spiro atoms. The van der Waals surface area contributed by atoms with E-state index < -0.39 is 11.9 Å². The summed E-state index contributed by atoms with van der Waals surface area (Å²) in [5, 5.41) is 13.7. The predicted molar refractivity (Wildman–Crippen MR) is 98.3 cm³/mol. The molecule has 0 saturated heterocycles. The van der Waals surface area contributed by atoms with Crippen LogP contribution in [0.2, 0.25) is 0 Å². The van der Waals surface area contributed by atoms with Crippen LogP contribution in [0.5, 0.6) is 0 Å². The van der Waals surface area contributed by atoms with E-state index >= 15 is 0 Å². The van der Waals surface area contributed by atoms with E-state index in [1.54, 1.807) is 30.3 Å². The molecule has 138 valence electrons. The lowest BCUT2D eigenvalue weighted by Crippen LogP contribution is -2.07. The van der Waals surface area contributed by atoms with Crippen molar-refractivity contribution in [1.29, 1.82) is 5.26 Å². The molecular formula is C19H15F3N4S. The van der Waals surface area contributed by atoms with E-state index in [1.807, 2.05) is 13.8 Å². The lowest BCUT2D eigenvalue weighted by Gasteiger charge is -2.04. The van der Waals surface area contributed by atoms with Gasteiger partial charge in [-0.1, -0.05) is 19.1 Å². The van der Waals surface area contributed by atoms with Crippen LogP contribution >= 0.6 is 11.3 Å². The summed E-state index contributed by atoms with van der Waals surface area (Å²) in [5.74, 6) is 0. The summed E-state index contributed by atoms with van der Waals surface area (Å²) in [6.45, 7) is 3.99. The van der Waals surface area contributed by atoms with E-state index in [2.05, 4.69) is 16.2 Å². The fourth-order valence-corrected chi connectivity index (χ4v) is 3.49. The minimum atomic E-state index is -4.47. The van der Waals surface area contributed by atoms with Crippen LogP contribution in [0.25, 0.3) is 17.3 Å². The molecule has 2 heterocycles. The Morgan fingerprint density at radius 3 is 2.48 bits per heavy atom. The Hall–Kier alpha value is -2.92. The highest BCUT2D eigenvalue weighted by Crippen LogP contribution is 2.28. The summed E-state index contributed by atoms with van der Waals surface area (Å²) in [7, 11) is 0. The number of hydrogen-bond acceptors (Lipinski definition) is 4.